The van der Waals surface area contributed by atoms with Crippen LogP contribution in [0, 0.1) is 0 Å². The Morgan fingerprint density at radius 3 is 3.00 bits per heavy atom. The molecule has 0 aromatic heterocycles. The molecule has 92 valence electrons. The molecule has 2 N–H and O–H groups in total. The molecule has 1 aliphatic rings. The predicted octanol–water partition coefficient (Wildman–Crippen LogP) is 2.30. The van der Waals surface area contributed by atoms with Gasteiger partial charge in [0.25, 0.3) is 0 Å². The Balaban J connectivity index is 1.64. The first-order chi connectivity index (χ1) is 8.34. The summed E-state index contributed by atoms with van der Waals surface area (Å²) in [6, 6.07) is 7.59. The van der Waals surface area contributed by atoms with Crippen molar-refractivity contribution in [2.24, 2.45) is 0 Å². The molecule has 17 heavy (non-hydrogen) atoms. The molecule has 1 aromatic carbocycles. The van der Waals surface area contributed by atoms with E-state index in [-0.39, 0.29) is 0 Å². The highest BCUT2D eigenvalue weighted by Crippen LogP contribution is 2.14. The van der Waals surface area contributed by atoms with Crippen molar-refractivity contribution in [2.75, 3.05) is 32.0 Å². The molecule has 0 saturated heterocycles. The van der Waals surface area contributed by atoms with E-state index in [1.165, 1.54) is 13.0 Å². The molecular weight excluding hydrogens is 212 g/mol. The fourth-order valence-corrected chi connectivity index (χ4v) is 1.98. The lowest BCUT2D eigenvalue weighted by molar-refractivity contribution is 0.247. The number of hydrogen-bond donors (Lipinski definition) is 1. The van der Waals surface area contributed by atoms with Crippen LogP contribution >= 0.6 is 0 Å². The Morgan fingerprint density at radius 1 is 1.29 bits per heavy atom. The van der Waals surface area contributed by atoms with Crippen molar-refractivity contribution in [3.63, 3.8) is 0 Å². The molecule has 0 fully saturated rings. The zero-order chi connectivity index (χ0) is 11.9. The third-order valence-corrected chi connectivity index (χ3v) is 2.89. The van der Waals surface area contributed by atoms with Gasteiger partial charge in [0.15, 0.2) is 0 Å². The molecule has 0 amide bonds. The quantitative estimate of drug-likeness (QED) is 0.481. The largest absolute Gasteiger partial charge is 0.493 e. The topological polar surface area (TPSA) is 38.5 Å². The van der Waals surface area contributed by atoms with Crippen molar-refractivity contribution in [3.8, 4) is 5.75 Å². The standard InChI is InChI=1S/C14H20N2O/c15-13-6-4-7-14(12-13)17-11-5-10-16-8-2-1-3-9-16/h1-2,4,6-7,12H,3,5,8-11,15H2. The van der Waals surface area contributed by atoms with Gasteiger partial charge in [0.2, 0.25) is 0 Å². The first-order valence-electron chi connectivity index (χ1n) is 6.20. The van der Waals surface area contributed by atoms with Gasteiger partial charge < -0.3 is 10.5 Å². The monoisotopic (exact) mass is 232 g/mol. The summed E-state index contributed by atoms with van der Waals surface area (Å²) in [6.45, 7) is 4.11. The Hall–Kier alpha value is -1.48. The van der Waals surface area contributed by atoms with E-state index in [9.17, 15) is 0 Å². The van der Waals surface area contributed by atoms with Crippen LogP contribution in [0.3, 0.4) is 0 Å². The fraction of sp³-hybridized carbons (Fsp3) is 0.429. The Bertz CT molecular complexity index is 376. The van der Waals surface area contributed by atoms with Gasteiger partial charge in [0.1, 0.15) is 5.75 Å². The molecule has 3 heteroatoms. The zero-order valence-electron chi connectivity index (χ0n) is 10.1. The van der Waals surface area contributed by atoms with Crippen molar-refractivity contribution >= 4 is 5.69 Å². The van der Waals surface area contributed by atoms with Crippen LogP contribution in [0.1, 0.15) is 12.8 Å². The van der Waals surface area contributed by atoms with Crippen LogP contribution in [0.4, 0.5) is 5.69 Å². The summed E-state index contributed by atoms with van der Waals surface area (Å²) < 4.78 is 5.65. The number of nitrogens with zero attached hydrogens (tertiary/aromatic N) is 1. The number of ether oxygens (including phenoxy) is 1. The average molecular weight is 232 g/mol. The molecule has 0 aliphatic carbocycles. The van der Waals surface area contributed by atoms with Gasteiger partial charge in [-0.25, -0.2) is 0 Å². The second kappa shape index (κ2) is 6.30. The van der Waals surface area contributed by atoms with E-state index < -0.39 is 0 Å². The summed E-state index contributed by atoms with van der Waals surface area (Å²) in [7, 11) is 0. The van der Waals surface area contributed by atoms with E-state index in [0.717, 1.165) is 37.6 Å². The highest BCUT2D eigenvalue weighted by Gasteiger charge is 2.04. The molecular formula is C14H20N2O. The highest BCUT2D eigenvalue weighted by atomic mass is 16.5. The molecule has 3 nitrogen and oxygen atoms in total. The van der Waals surface area contributed by atoms with Crippen LogP contribution < -0.4 is 10.5 Å². The highest BCUT2D eigenvalue weighted by molar-refractivity contribution is 5.43. The van der Waals surface area contributed by atoms with E-state index in [1.807, 2.05) is 24.3 Å². The second-order valence-electron chi connectivity index (χ2n) is 4.34. The van der Waals surface area contributed by atoms with Crippen molar-refractivity contribution in [1.29, 1.82) is 0 Å². The fourth-order valence-electron chi connectivity index (χ4n) is 1.98. The molecule has 0 saturated carbocycles. The van der Waals surface area contributed by atoms with Crippen molar-refractivity contribution in [1.82, 2.24) is 4.90 Å². The minimum absolute atomic E-state index is 0.753. The van der Waals surface area contributed by atoms with Crippen LogP contribution in [0.15, 0.2) is 36.4 Å². The molecule has 0 unspecified atom stereocenters. The van der Waals surface area contributed by atoms with Gasteiger partial charge >= 0.3 is 0 Å². The van der Waals surface area contributed by atoms with Crippen LogP contribution in [-0.2, 0) is 0 Å². The first-order valence-corrected chi connectivity index (χ1v) is 6.20. The van der Waals surface area contributed by atoms with E-state index in [0.29, 0.717) is 0 Å². The lowest BCUT2D eigenvalue weighted by atomic mass is 10.2. The molecule has 1 aromatic rings. The van der Waals surface area contributed by atoms with Crippen LogP contribution in [0.5, 0.6) is 5.75 Å². The number of hydrogen-bond acceptors (Lipinski definition) is 3. The molecule has 1 heterocycles. The van der Waals surface area contributed by atoms with Crippen LogP contribution in [0.2, 0.25) is 0 Å². The van der Waals surface area contributed by atoms with Crippen molar-refractivity contribution in [3.05, 3.63) is 36.4 Å². The van der Waals surface area contributed by atoms with Gasteiger partial charge in [-0.15, -0.1) is 0 Å². The molecule has 0 bridgehead atoms. The molecule has 0 spiro atoms. The molecule has 1 aliphatic heterocycles. The van der Waals surface area contributed by atoms with Gasteiger partial charge in [0.05, 0.1) is 6.61 Å². The Labute approximate surface area is 103 Å². The number of anilines is 1. The lowest BCUT2D eigenvalue weighted by Gasteiger charge is -2.22. The van der Waals surface area contributed by atoms with Crippen LogP contribution in [-0.4, -0.2) is 31.1 Å². The number of nitrogens with two attached hydrogens (primary N) is 1. The smallest absolute Gasteiger partial charge is 0.121 e. The van der Waals surface area contributed by atoms with E-state index >= 15 is 0 Å². The number of benzene rings is 1. The zero-order valence-corrected chi connectivity index (χ0v) is 10.1. The van der Waals surface area contributed by atoms with Gasteiger partial charge in [-0.2, -0.15) is 0 Å². The van der Waals surface area contributed by atoms with E-state index in [4.69, 9.17) is 10.5 Å². The Morgan fingerprint density at radius 2 is 2.24 bits per heavy atom. The maximum absolute atomic E-state index is 5.68. The maximum Gasteiger partial charge on any atom is 0.121 e. The lowest BCUT2D eigenvalue weighted by Crippen LogP contribution is -2.29. The summed E-state index contributed by atoms with van der Waals surface area (Å²) in [4.78, 5) is 2.45. The van der Waals surface area contributed by atoms with E-state index in [2.05, 4.69) is 17.1 Å². The third-order valence-electron chi connectivity index (χ3n) is 2.89. The van der Waals surface area contributed by atoms with Crippen molar-refractivity contribution in [2.45, 2.75) is 12.8 Å². The summed E-state index contributed by atoms with van der Waals surface area (Å²) in [5, 5.41) is 0. The van der Waals surface area contributed by atoms with Gasteiger partial charge in [0, 0.05) is 31.4 Å². The summed E-state index contributed by atoms with van der Waals surface area (Å²) in [5.74, 6) is 0.864. The molecule has 0 radical (unpaired) electrons. The molecule has 0 atom stereocenters. The van der Waals surface area contributed by atoms with E-state index in [1.54, 1.807) is 0 Å². The van der Waals surface area contributed by atoms with Crippen LogP contribution in [0.25, 0.3) is 0 Å². The van der Waals surface area contributed by atoms with Gasteiger partial charge in [-0.1, -0.05) is 18.2 Å². The van der Waals surface area contributed by atoms with Gasteiger partial charge in [-0.05, 0) is 25.0 Å². The average Bonchev–Trinajstić information content (AvgIpc) is 2.36. The number of rotatable bonds is 5. The summed E-state index contributed by atoms with van der Waals surface area (Å²) in [5.41, 5.74) is 6.44. The first kappa shape index (κ1) is 12.0. The minimum Gasteiger partial charge on any atom is -0.493 e. The second-order valence-corrected chi connectivity index (χ2v) is 4.34. The minimum atomic E-state index is 0.753. The predicted molar refractivity (Wildman–Crippen MR) is 71.2 cm³/mol. The number of nitrogen functional groups attached to an aromatic ring is 1. The van der Waals surface area contributed by atoms with Crippen molar-refractivity contribution < 1.29 is 4.74 Å². The van der Waals surface area contributed by atoms with Gasteiger partial charge in [-0.3, -0.25) is 4.90 Å². The summed E-state index contributed by atoms with van der Waals surface area (Å²) >= 11 is 0. The SMILES string of the molecule is Nc1cccc(OCCCN2CC=CCC2)c1. The summed E-state index contributed by atoms with van der Waals surface area (Å²) in [6.07, 6.45) is 6.72. The maximum atomic E-state index is 5.68. The third kappa shape index (κ3) is 4.11. The Kier molecular flexibility index (Phi) is 4.45. The normalized spacial score (nSPS) is 16.0. The molecule has 2 rings (SSSR count).